The van der Waals surface area contributed by atoms with Gasteiger partial charge in [-0.25, -0.2) is 0 Å². The molecule has 0 atom stereocenters. The first-order valence-corrected chi connectivity index (χ1v) is 9.97. The fraction of sp³-hybridized carbons (Fsp3) is 0.261. The number of anilines is 3. The van der Waals surface area contributed by atoms with E-state index in [2.05, 4.69) is 44.8 Å². The van der Waals surface area contributed by atoms with E-state index in [1.807, 2.05) is 36.4 Å². The molecule has 0 aliphatic carbocycles. The highest BCUT2D eigenvalue weighted by molar-refractivity contribution is 6.02. The van der Waals surface area contributed by atoms with Gasteiger partial charge in [0, 0.05) is 31.0 Å². The molecule has 0 unspecified atom stereocenters. The molecule has 4 rings (SSSR count). The number of carbonyl (C=O) groups excluding carboxylic acids is 1. The number of nitrogens with zero attached hydrogens (tertiary/aromatic N) is 3. The molecule has 148 valence electrons. The summed E-state index contributed by atoms with van der Waals surface area (Å²) in [6.45, 7) is 4.95. The van der Waals surface area contributed by atoms with E-state index in [4.69, 9.17) is 0 Å². The molecule has 1 amide bonds. The lowest BCUT2D eigenvalue weighted by atomic mass is 10.1. The van der Waals surface area contributed by atoms with E-state index in [9.17, 15) is 4.79 Å². The highest BCUT2D eigenvalue weighted by Crippen LogP contribution is 2.22. The lowest BCUT2D eigenvalue weighted by Gasteiger charge is -2.17. The van der Waals surface area contributed by atoms with E-state index in [1.54, 1.807) is 12.1 Å². The number of benzene rings is 2. The molecular weight excluding hydrogens is 362 g/mol. The van der Waals surface area contributed by atoms with Gasteiger partial charge in [-0.2, -0.15) is 0 Å². The predicted molar refractivity (Wildman–Crippen MR) is 116 cm³/mol. The minimum Gasteiger partial charge on any atom is -0.372 e. The van der Waals surface area contributed by atoms with Crippen LogP contribution in [0.2, 0.25) is 0 Å². The number of aryl methyl sites for hydroxylation is 1. The largest absolute Gasteiger partial charge is 0.372 e. The molecule has 0 radical (unpaired) electrons. The van der Waals surface area contributed by atoms with Gasteiger partial charge in [-0.1, -0.05) is 24.3 Å². The van der Waals surface area contributed by atoms with Crippen molar-refractivity contribution >= 4 is 23.1 Å². The first kappa shape index (κ1) is 18.9. The Balaban J connectivity index is 1.33. The molecule has 1 aromatic heterocycles. The van der Waals surface area contributed by atoms with Crippen molar-refractivity contribution in [2.75, 3.05) is 28.6 Å². The minimum atomic E-state index is -0.267. The van der Waals surface area contributed by atoms with Crippen LogP contribution in [0.1, 0.15) is 34.5 Å². The van der Waals surface area contributed by atoms with Crippen molar-refractivity contribution in [3.8, 4) is 0 Å². The molecule has 0 saturated carbocycles. The zero-order chi connectivity index (χ0) is 20.1. The van der Waals surface area contributed by atoms with Crippen LogP contribution in [0, 0.1) is 6.92 Å². The zero-order valence-electron chi connectivity index (χ0n) is 16.6. The van der Waals surface area contributed by atoms with Gasteiger partial charge in [0.2, 0.25) is 0 Å². The molecule has 2 heterocycles. The van der Waals surface area contributed by atoms with Crippen molar-refractivity contribution in [2.24, 2.45) is 0 Å². The summed E-state index contributed by atoms with van der Waals surface area (Å²) < 4.78 is 0. The number of amides is 1. The zero-order valence-corrected chi connectivity index (χ0v) is 16.6. The summed E-state index contributed by atoms with van der Waals surface area (Å²) >= 11 is 0. The molecule has 1 aliphatic heterocycles. The van der Waals surface area contributed by atoms with Gasteiger partial charge in [-0.05, 0) is 67.3 Å². The van der Waals surface area contributed by atoms with E-state index in [1.165, 1.54) is 29.7 Å². The quantitative estimate of drug-likeness (QED) is 0.662. The Morgan fingerprint density at radius 3 is 2.41 bits per heavy atom. The molecule has 3 aromatic rings. The summed E-state index contributed by atoms with van der Waals surface area (Å²) in [5, 5.41) is 14.3. The summed E-state index contributed by atoms with van der Waals surface area (Å²) in [6.07, 6.45) is 2.49. The van der Waals surface area contributed by atoms with Gasteiger partial charge in [-0.15, -0.1) is 10.2 Å². The molecule has 1 aliphatic rings. The van der Waals surface area contributed by atoms with Crippen LogP contribution in [0.5, 0.6) is 0 Å². The lowest BCUT2D eigenvalue weighted by molar-refractivity contribution is 0.102. The van der Waals surface area contributed by atoms with Crippen LogP contribution in [0.4, 0.5) is 17.2 Å². The normalized spacial score (nSPS) is 13.3. The summed E-state index contributed by atoms with van der Waals surface area (Å²) in [5.41, 5.74) is 4.66. The second-order valence-electron chi connectivity index (χ2n) is 7.28. The van der Waals surface area contributed by atoms with E-state index in [-0.39, 0.29) is 11.6 Å². The van der Waals surface area contributed by atoms with Gasteiger partial charge in [0.05, 0.1) is 0 Å². The molecule has 0 bridgehead atoms. The highest BCUT2D eigenvalue weighted by atomic mass is 16.1. The maximum Gasteiger partial charge on any atom is 0.276 e. The highest BCUT2D eigenvalue weighted by Gasteiger charge is 2.13. The Labute approximate surface area is 171 Å². The van der Waals surface area contributed by atoms with Crippen LogP contribution in [-0.4, -0.2) is 29.2 Å². The van der Waals surface area contributed by atoms with Crippen LogP contribution >= 0.6 is 0 Å². The Hall–Kier alpha value is -3.41. The number of hydrogen-bond acceptors (Lipinski definition) is 5. The summed E-state index contributed by atoms with van der Waals surface area (Å²) in [7, 11) is 0. The molecule has 6 nitrogen and oxygen atoms in total. The number of nitrogens with one attached hydrogen (secondary N) is 2. The second-order valence-corrected chi connectivity index (χ2v) is 7.28. The van der Waals surface area contributed by atoms with Crippen molar-refractivity contribution < 1.29 is 4.79 Å². The second kappa shape index (κ2) is 8.73. The van der Waals surface area contributed by atoms with Gasteiger partial charge in [-0.3, -0.25) is 4.79 Å². The predicted octanol–water partition coefficient (Wildman–Crippen LogP) is 4.25. The Morgan fingerprint density at radius 2 is 1.72 bits per heavy atom. The fourth-order valence-electron chi connectivity index (χ4n) is 3.47. The van der Waals surface area contributed by atoms with Crippen LogP contribution in [0.15, 0.2) is 60.7 Å². The van der Waals surface area contributed by atoms with Crippen molar-refractivity contribution in [1.29, 1.82) is 0 Å². The van der Waals surface area contributed by atoms with E-state index >= 15 is 0 Å². The monoisotopic (exact) mass is 387 g/mol. The first-order chi connectivity index (χ1) is 14.2. The van der Waals surface area contributed by atoms with Gasteiger partial charge in [0.15, 0.2) is 5.69 Å². The summed E-state index contributed by atoms with van der Waals surface area (Å²) in [6, 6.07) is 19.6. The fourth-order valence-corrected chi connectivity index (χ4v) is 3.47. The molecule has 1 saturated heterocycles. The van der Waals surface area contributed by atoms with Crippen molar-refractivity contribution in [1.82, 2.24) is 10.2 Å². The average molecular weight is 387 g/mol. The van der Waals surface area contributed by atoms with Gasteiger partial charge in [0.25, 0.3) is 5.91 Å². The molecule has 2 N–H and O–H groups in total. The smallest absolute Gasteiger partial charge is 0.276 e. The molecule has 29 heavy (non-hydrogen) atoms. The van der Waals surface area contributed by atoms with Crippen molar-refractivity contribution in [3.05, 3.63) is 77.5 Å². The third-order valence-corrected chi connectivity index (χ3v) is 5.21. The Morgan fingerprint density at radius 1 is 0.966 bits per heavy atom. The minimum absolute atomic E-state index is 0.267. The molecule has 6 heteroatoms. The summed E-state index contributed by atoms with van der Waals surface area (Å²) in [5.74, 6) is 0.372. The first-order valence-electron chi connectivity index (χ1n) is 9.97. The number of rotatable bonds is 6. The van der Waals surface area contributed by atoms with E-state index < -0.39 is 0 Å². The third-order valence-electron chi connectivity index (χ3n) is 5.21. The standard InChI is InChI=1S/C23H25N5O/c1-17-6-2-3-7-18(17)16-24-22-13-12-21(26-27-22)23(29)25-19-8-10-20(11-9-19)28-14-4-5-15-28/h2-3,6-13H,4-5,14-16H2,1H3,(H,24,27)(H,25,29). The molecule has 2 aromatic carbocycles. The number of hydrogen-bond donors (Lipinski definition) is 2. The van der Waals surface area contributed by atoms with Crippen molar-refractivity contribution in [3.63, 3.8) is 0 Å². The molecule has 0 spiro atoms. The van der Waals surface area contributed by atoms with Crippen LogP contribution in [0.25, 0.3) is 0 Å². The Kier molecular flexibility index (Phi) is 5.70. The molecular formula is C23H25N5O. The SMILES string of the molecule is Cc1ccccc1CNc1ccc(C(=O)Nc2ccc(N3CCCC3)cc2)nn1. The van der Waals surface area contributed by atoms with Gasteiger partial charge >= 0.3 is 0 Å². The van der Waals surface area contributed by atoms with Gasteiger partial charge in [0.1, 0.15) is 5.82 Å². The van der Waals surface area contributed by atoms with Gasteiger partial charge < -0.3 is 15.5 Å². The lowest BCUT2D eigenvalue weighted by Crippen LogP contribution is -2.18. The topological polar surface area (TPSA) is 70.2 Å². The van der Waals surface area contributed by atoms with Crippen LogP contribution in [-0.2, 0) is 6.54 Å². The average Bonchev–Trinajstić information content (AvgIpc) is 3.29. The maximum atomic E-state index is 12.4. The van der Waals surface area contributed by atoms with E-state index in [0.29, 0.717) is 12.4 Å². The number of aromatic nitrogens is 2. The van der Waals surface area contributed by atoms with Crippen LogP contribution < -0.4 is 15.5 Å². The maximum absolute atomic E-state index is 12.4. The Bertz CT molecular complexity index is 963. The summed E-state index contributed by atoms with van der Waals surface area (Å²) in [4.78, 5) is 14.8. The number of carbonyl (C=O) groups is 1. The van der Waals surface area contributed by atoms with E-state index in [0.717, 1.165) is 18.8 Å². The molecule has 1 fully saturated rings. The third kappa shape index (κ3) is 4.71. The van der Waals surface area contributed by atoms with Crippen LogP contribution in [0.3, 0.4) is 0 Å². The van der Waals surface area contributed by atoms with Crippen molar-refractivity contribution in [2.45, 2.75) is 26.3 Å².